The van der Waals surface area contributed by atoms with Crippen molar-refractivity contribution in [1.29, 1.82) is 0 Å². The highest BCUT2D eigenvalue weighted by atomic mass is 79.9. The molecule has 0 atom stereocenters. The van der Waals surface area contributed by atoms with Gasteiger partial charge in [0.05, 0.1) is 16.7 Å². The average Bonchev–Trinajstić information content (AvgIpc) is 2.95. The Balaban J connectivity index is 2.26. The van der Waals surface area contributed by atoms with Crippen LogP contribution in [-0.4, -0.2) is 27.7 Å². The van der Waals surface area contributed by atoms with Crippen molar-refractivity contribution < 1.29 is 14.3 Å². The fourth-order valence-corrected chi connectivity index (χ4v) is 3.15. The van der Waals surface area contributed by atoms with E-state index >= 15 is 0 Å². The van der Waals surface area contributed by atoms with Crippen LogP contribution in [-0.2, 0) is 4.74 Å². The highest BCUT2D eigenvalue weighted by molar-refractivity contribution is 9.10. The molecule has 0 unspecified atom stereocenters. The summed E-state index contributed by atoms with van der Waals surface area (Å²) in [6, 6.07) is 8.26. The number of ether oxygens (including phenoxy) is 1. The van der Waals surface area contributed by atoms with Crippen LogP contribution in [0.25, 0.3) is 5.65 Å². The molecule has 3 rings (SSSR count). The topological polar surface area (TPSA) is 60.7 Å². The van der Waals surface area contributed by atoms with E-state index in [2.05, 4.69) is 20.9 Å². The molecule has 25 heavy (non-hydrogen) atoms. The molecule has 0 N–H and O–H groups in total. The molecule has 1 aromatic carbocycles. The van der Waals surface area contributed by atoms with Crippen molar-refractivity contribution in [3.63, 3.8) is 0 Å². The summed E-state index contributed by atoms with van der Waals surface area (Å²) in [5.74, 6) is -1.08. The molecule has 0 radical (unpaired) electrons. The summed E-state index contributed by atoms with van der Waals surface area (Å²) in [5.41, 5.74) is 0.611. The number of fused-ring (bicyclic) bond motifs is 1. The molecule has 0 aliphatic rings. The van der Waals surface area contributed by atoms with E-state index in [1.54, 1.807) is 31.2 Å². The third kappa shape index (κ3) is 3.42. The second kappa shape index (κ2) is 7.15. The molecule has 0 aliphatic carbocycles. The van der Waals surface area contributed by atoms with Gasteiger partial charge >= 0.3 is 5.97 Å². The van der Waals surface area contributed by atoms with Gasteiger partial charge in [-0.2, -0.15) is 0 Å². The van der Waals surface area contributed by atoms with Crippen molar-refractivity contribution in [3.05, 3.63) is 68.0 Å². The predicted octanol–water partition coefficient (Wildman–Crippen LogP) is 4.81. The maximum Gasteiger partial charge on any atom is 0.359 e. The zero-order chi connectivity index (χ0) is 18.1. The van der Waals surface area contributed by atoms with Crippen LogP contribution in [0.5, 0.6) is 0 Å². The van der Waals surface area contributed by atoms with Crippen LogP contribution in [0.2, 0.25) is 10.0 Å². The first kappa shape index (κ1) is 17.9. The van der Waals surface area contributed by atoms with E-state index in [0.717, 1.165) is 4.47 Å². The van der Waals surface area contributed by atoms with Crippen LogP contribution < -0.4 is 0 Å². The number of ketones is 1. The summed E-state index contributed by atoms with van der Waals surface area (Å²) >= 11 is 15.5. The first-order valence-corrected chi connectivity index (χ1v) is 8.81. The summed E-state index contributed by atoms with van der Waals surface area (Å²) in [5, 5.41) is 0.545. The molecule has 0 amide bonds. The second-order valence-corrected chi connectivity index (χ2v) is 6.82. The van der Waals surface area contributed by atoms with Crippen molar-refractivity contribution in [3.8, 4) is 0 Å². The Bertz CT molecular complexity index is 984. The van der Waals surface area contributed by atoms with Crippen LogP contribution in [0.15, 0.2) is 41.0 Å². The average molecular weight is 442 g/mol. The molecule has 0 fully saturated rings. The molecular weight excluding hydrogens is 431 g/mol. The fourth-order valence-electron chi connectivity index (χ4n) is 2.37. The molecule has 0 bridgehead atoms. The minimum atomic E-state index is -0.696. The van der Waals surface area contributed by atoms with Crippen molar-refractivity contribution in [2.24, 2.45) is 0 Å². The maximum atomic E-state index is 13.0. The number of carbonyl (C=O) groups excluding carboxylic acids is 2. The lowest BCUT2D eigenvalue weighted by atomic mass is 10.1. The van der Waals surface area contributed by atoms with Gasteiger partial charge in [-0.05, 0) is 37.3 Å². The van der Waals surface area contributed by atoms with E-state index in [1.807, 2.05) is 0 Å². The van der Waals surface area contributed by atoms with Gasteiger partial charge in [-0.25, -0.2) is 9.78 Å². The molecule has 0 saturated heterocycles. The summed E-state index contributed by atoms with van der Waals surface area (Å²) in [6.45, 7) is 1.83. The van der Waals surface area contributed by atoms with Gasteiger partial charge in [-0.3, -0.25) is 9.20 Å². The summed E-state index contributed by atoms with van der Waals surface area (Å²) in [6.07, 6.45) is 1.49. The van der Waals surface area contributed by atoms with Crippen molar-refractivity contribution in [1.82, 2.24) is 9.38 Å². The van der Waals surface area contributed by atoms with E-state index < -0.39 is 5.97 Å². The Morgan fingerprint density at radius 3 is 2.56 bits per heavy atom. The Morgan fingerprint density at radius 1 is 1.24 bits per heavy atom. The molecule has 128 valence electrons. The highest BCUT2D eigenvalue weighted by Gasteiger charge is 2.27. The van der Waals surface area contributed by atoms with Gasteiger partial charge in [0.1, 0.15) is 5.69 Å². The molecule has 0 aliphatic heterocycles. The van der Waals surface area contributed by atoms with Crippen LogP contribution in [0.1, 0.15) is 33.5 Å². The van der Waals surface area contributed by atoms with Crippen LogP contribution >= 0.6 is 39.1 Å². The molecule has 0 saturated carbocycles. The number of hydrogen-bond acceptors (Lipinski definition) is 4. The van der Waals surface area contributed by atoms with Gasteiger partial charge in [-0.1, -0.05) is 39.1 Å². The predicted molar refractivity (Wildman–Crippen MR) is 98.7 cm³/mol. The number of esters is 1. The van der Waals surface area contributed by atoms with E-state index in [9.17, 15) is 9.59 Å². The summed E-state index contributed by atoms with van der Waals surface area (Å²) in [7, 11) is 0. The molecule has 3 aromatic rings. The first-order chi connectivity index (χ1) is 11.9. The zero-order valence-corrected chi connectivity index (χ0v) is 16.0. The summed E-state index contributed by atoms with van der Waals surface area (Å²) in [4.78, 5) is 29.5. The Labute approximate surface area is 161 Å². The lowest BCUT2D eigenvalue weighted by Gasteiger charge is -2.05. The third-order valence-electron chi connectivity index (χ3n) is 3.43. The normalized spacial score (nSPS) is 10.9. The zero-order valence-electron chi connectivity index (χ0n) is 12.9. The molecular formula is C17H11BrCl2N2O3. The number of nitrogens with zero attached hydrogens (tertiary/aromatic N) is 2. The Kier molecular flexibility index (Phi) is 5.13. The van der Waals surface area contributed by atoms with Crippen LogP contribution in [0.4, 0.5) is 0 Å². The quantitative estimate of drug-likeness (QED) is 0.430. The lowest BCUT2D eigenvalue weighted by Crippen LogP contribution is -2.14. The minimum Gasteiger partial charge on any atom is -0.461 e. The van der Waals surface area contributed by atoms with E-state index in [1.165, 1.54) is 16.7 Å². The van der Waals surface area contributed by atoms with Crippen LogP contribution in [0, 0.1) is 0 Å². The van der Waals surface area contributed by atoms with E-state index in [0.29, 0.717) is 10.6 Å². The first-order valence-electron chi connectivity index (χ1n) is 7.27. The van der Waals surface area contributed by atoms with Gasteiger partial charge < -0.3 is 4.74 Å². The van der Waals surface area contributed by atoms with Gasteiger partial charge in [-0.15, -0.1) is 0 Å². The lowest BCUT2D eigenvalue weighted by molar-refractivity contribution is 0.0517. The molecule has 8 heteroatoms. The number of carbonyl (C=O) groups is 2. The monoisotopic (exact) mass is 440 g/mol. The van der Waals surface area contributed by atoms with Gasteiger partial charge in [0.2, 0.25) is 5.78 Å². The van der Waals surface area contributed by atoms with Crippen molar-refractivity contribution >= 4 is 56.5 Å². The minimum absolute atomic E-state index is 0.0557. The van der Waals surface area contributed by atoms with Gasteiger partial charge in [0.15, 0.2) is 11.3 Å². The Morgan fingerprint density at radius 2 is 1.92 bits per heavy atom. The number of aromatic nitrogens is 2. The Hall–Kier alpha value is -1.89. The maximum absolute atomic E-state index is 13.0. The number of imidazole rings is 1. The number of halogens is 3. The van der Waals surface area contributed by atoms with Crippen molar-refractivity contribution in [2.45, 2.75) is 6.92 Å². The second-order valence-electron chi connectivity index (χ2n) is 5.07. The molecule has 2 aromatic heterocycles. The summed E-state index contributed by atoms with van der Waals surface area (Å²) < 4.78 is 7.27. The largest absolute Gasteiger partial charge is 0.461 e. The molecule has 5 nitrogen and oxygen atoms in total. The fraction of sp³-hybridized carbons (Fsp3) is 0.118. The number of rotatable bonds is 4. The molecule has 2 heterocycles. The smallest absolute Gasteiger partial charge is 0.359 e. The van der Waals surface area contributed by atoms with E-state index in [-0.39, 0.29) is 34.4 Å². The van der Waals surface area contributed by atoms with Crippen molar-refractivity contribution in [2.75, 3.05) is 6.61 Å². The van der Waals surface area contributed by atoms with E-state index in [4.69, 9.17) is 27.9 Å². The standard InChI is InChI=1S/C17H11BrCl2N2O3/c1-2-25-17(24)13-14(15(23)9-3-5-10(18)6-4-9)22-8-11(19)7-12(20)16(22)21-13/h3-8H,2H2,1H3. The number of benzene rings is 1. The SMILES string of the molecule is CCOC(=O)c1nc2c(Cl)cc(Cl)cn2c1C(=O)c1ccc(Br)cc1. The number of pyridine rings is 1. The van der Waals surface area contributed by atoms with Crippen LogP contribution in [0.3, 0.4) is 0 Å². The van der Waals surface area contributed by atoms with Gasteiger partial charge in [0.25, 0.3) is 0 Å². The van der Waals surface area contributed by atoms with Gasteiger partial charge in [0, 0.05) is 16.2 Å². The highest BCUT2D eigenvalue weighted by Crippen LogP contribution is 2.26. The third-order valence-corrected chi connectivity index (χ3v) is 4.45. The number of hydrogen-bond donors (Lipinski definition) is 0. The molecule has 0 spiro atoms.